The van der Waals surface area contributed by atoms with E-state index in [4.69, 9.17) is 4.74 Å². The van der Waals surface area contributed by atoms with Crippen molar-refractivity contribution in [1.29, 1.82) is 0 Å². The fraction of sp³-hybridized carbons (Fsp3) is 1.00. The Labute approximate surface area is 113 Å². The second kappa shape index (κ2) is 8.13. The molecule has 1 aliphatic rings. The maximum Gasteiger partial charge on any atom is 0.0477 e. The van der Waals surface area contributed by atoms with Crippen LogP contribution in [0.1, 0.15) is 47.0 Å². The number of hydrogen-bond acceptors (Lipinski definition) is 3. The Balaban J connectivity index is 2.60. The predicted molar refractivity (Wildman–Crippen MR) is 78.0 cm³/mol. The minimum absolute atomic E-state index is 0.617. The molecule has 1 aliphatic heterocycles. The fourth-order valence-corrected chi connectivity index (χ4v) is 2.85. The van der Waals surface area contributed by atoms with Crippen LogP contribution in [0.15, 0.2) is 0 Å². The predicted octanol–water partition coefficient (Wildman–Crippen LogP) is 2.51. The summed E-state index contributed by atoms with van der Waals surface area (Å²) in [5.41, 5.74) is 0. The summed E-state index contributed by atoms with van der Waals surface area (Å²) >= 11 is 0. The van der Waals surface area contributed by atoms with E-state index in [9.17, 15) is 0 Å². The summed E-state index contributed by atoms with van der Waals surface area (Å²) in [6.45, 7) is 12.6. The van der Waals surface area contributed by atoms with Gasteiger partial charge in [0.1, 0.15) is 0 Å². The van der Waals surface area contributed by atoms with Crippen LogP contribution in [-0.4, -0.2) is 49.8 Å². The van der Waals surface area contributed by atoms with Gasteiger partial charge in [-0.05, 0) is 39.2 Å². The van der Waals surface area contributed by atoms with Crippen LogP contribution in [-0.2, 0) is 4.74 Å². The molecule has 1 fully saturated rings. The normalized spacial score (nSPS) is 29.8. The monoisotopic (exact) mass is 256 g/mol. The van der Waals surface area contributed by atoms with Crippen LogP contribution in [0.3, 0.4) is 0 Å². The van der Waals surface area contributed by atoms with Crippen molar-refractivity contribution in [3.05, 3.63) is 0 Å². The molecule has 1 rings (SSSR count). The average Bonchev–Trinajstić information content (AvgIpc) is 2.57. The second-order valence-electron chi connectivity index (χ2n) is 5.91. The molecule has 3 nitrogen and oxygen atoms in total. The molecule has 18 heavy (non-hydrogen) atoms. The van der Waals surface area contributed by atoms with Crippen molar-refractivity contribution in [2.45, 2.75) is 65.1 Å². The van der Waals surface area contributed by atoms with Crippen LogP contribution in [0.25, 0.3) is 0 Å². The van der Waals surface area contributed by atoms with Crippen LogP contribution in [0.2, 0.25) is 0 Å². The van der Waals surface area contributed by atoms with E-state index < -0.39 is 0 Å². The minimum atomic E-state index is 0.617. The SMILES string of the molecule is CCC(C)C1CN(C(C)CCOC)C(C)CCN1. The molecule has 0 saturated carbocycles. The number of methoxy groups -OCH3 is 1. The lowest BCUT2D eigenvalue weighted by atomic mass is 9.98. The van der Waals surface area contributed by atoms with Crippen LogP contribution in [0, 0.1) is 5.92 Å². The molecule has 0 radical (unpaired) electrons. The van der Waals surface area contributed by atoms with Crippen LogP contribution >= 0.6 is 0 Å². The Hall–Kier alpha value is -0.120. The quantitative estimate of drug-likeness (QED) is 0.790. The third-order valence-corrected chi connectivity index (χ3v) is 4.58. The van der Waals surface area contributed by atoms with Gasteiger partial charge < -0.3 is 10.1 Å². The molecule has 1 saturated heterocycles. The van der Waals surface area contributed by atoms with E-state index >= 15 is 0 Å². The molecular weight excluding hydrogens is 224 g/mol. The van der Waals surface area contributed by atoms with Gasteiger partial charge in [-0.15, -0.1) is 0 Å². The van der Waals surface area contributed by atoms with Crippen molar-refractivity contribution < 1.29 is 4.74 Å². The highest BCUT2D eigenvalue weighted by atomic mass is 16.5. The fourth-order valence-electron chi connectivity index (χ4n) is 2.85. The summed E-state index contributed by atoms with van der Waals surface area (Å²) in [6, 6.07) is 1.94. The summed E-state index contributed by atoms with van der Waals surface area (Å²) < 4.78 is 5.22. The number of nitrogens with one attached hydrogen (secondary N) is 1. The first-order valence-corrected chi connectivity index (χ1v) is 7.58. The Kier molecular flexibility index (Phi) is 7.20. The highest BCUT2D eigenvalue weighted by molar-refractivity contribution is 4.86. The van der Waals surface area contributed by atoms with E-state index in [2.05, 4.69) is 37.9 Å². The van der Waals surface area contributed by atoms with Crippen molar-refractivity contribution in [2.75, 3.05) is 26.8 Å². The van der Waals surface area contributed by atoms with Gasteiger partial charge in [0.2, 0.25) is 0 Å². The largest absolute Gasteiger partial charge is 0.385 e. The molecule has 1 heterocycles. The molecule has 0 aliphatic carbocycles. The standard InChI is InChI=1S/C15H32N2O/c1-6-12(2)15-11-17(13(3)7-9-16-15)14(4)8-10-18-5/h12-16H,6-11H2,1-5H3. The van der Waals surface area contributed by atoms with Crippen LogP contribution in [0.4, 0.5) is 0 Å². The van der Waals surface area contributed by atoms with Gasteiger partial charge in [0.15, 0.2) is 0 Å². The second-order valence-corrected chi connectivity index (χ2v) is 5.91. The first-order valence-electron chi connectivity index (χ1n) is 7.58. The highest BCUT2D eigenvalue weighted by Crippen LogP contribution is 2.19. The van der Waals surface area contributed by atoms with Crippen molar-refractivity contribution in [1.82, 2.24) is 10.2 Å². The molecule has 0 aromatic heterocycles. The first-order chi connectivity index (χ1) is 8.60. The maximum absolute atomic E-state index is 5.22. The summed E-state index contributed by atoms with van der Waals surface area (Å²) in [5.74, 6) is 0.757. The maximum atomic E-state index is 5.22. The van der Waals surface area contributed by atoms with Gasteiger partial charge in [-0.2, -0.15) is 0 Å². The Morgan fingerprint density at radius 1 is 1.39 bits per heavy atom. The number of nitrogens with zero attached hydrogens (tertiary/aromatic N) is 1. The van der Waals surface area contributed by atoms with Gasteiger partial charge in [-0.25, -0.2) is 0 Å². The van der Waals surface area contributed by atoms with Gasteiger partial charge in [-0.3, -0.25) is 4.90 Å². The van der Waals surface area contributed by atoms with Gasteiger partial charge in [0.05, 0.1) is 0 Å². The van der Waals surface area contributed by atoms with Gasteiger partial charge in [-0.1, -0.05) is 20.3 Å². The summed E-state index contributed by atoms with van der Waals surface area (Å²) in [4.78, 5) is 2.68. The molecule has 4 atom stereocenters. The highest BCUT2D eigenvalue weighted by Gasteiger charge is 2.28. The third kappa shape index (κ3) is 4.52. The van der Waals surface area contributed by atoms with Gasteiger partial charge in [0.25, 0.3) is 0 Å². The zero-order valence-corrected chi connectivity index (χ0v) is 12.9. The molecule has 3 heteroatoms. The average molecular weight is 256 g/mol. The lowest BCUT2D eigenvalue weighted by molar-refractivity contribution is 0.103. The van der Waals surface area contributed by atoms with Gasteiger partial charge in [0, 0.05) is 38.4 Å². The molecular formula is C15H32N2O. The van der Waals surface area contributed by atoms with Crippen LogP contribution < -0.4 is 5.32 Å². The molecule has 0 bridgehead atoms. The van der Waals surface area contributed by atoms with Crippen molar-refractivity contribution in [3.63, 3.8) is 0 Å². The van der Waals surface area contributed by atoms with E-state index in [1.165, 1.54) is 19.4 Å². The molecule has 1 N–H and O–H groups in total. The van der Waals surface area contributed by atoms with E-state index in [0.717, 1.165) is 25.5 Å². The lowest BCUT2D eigenvalue weighted by Crippen LogP contribution is -2.47. The zero-order valence-electron chi connectivity index (χ0n) is 12.9. The molecule has 108 valence electrons. The summed E-state index contributed by atoms with van der Waals surface area (Å²) in [6.07, 6.45) is 3.64. The van der Waals surface area contributed by atoms with Gasteiger partial charge >= 0.3 is 0 Å². The van der Waals surface area contributed by atoms with Crippen molar-refractivity contribution in [3.8, 4) is 0 Å². The lowest BCUT2D eigenvalue weighted by Gasteiger charge is -2.36. The van der Waals surface area contributed by atoms with Crippen LogP contribution in [0.5, 0.6) is 0 Å². The summed E-state index contributed by atoms with van der Waals surface area (Å²) in [7, 11) is 1.79. The van der Waals surface area contributed by atoms with E-state index in [-0.39, 0.29) is 0 Å². The van der Waals surface area contributed by atoms with Crippen molar-refractivity contribution >= 4 is 0 Å². The number of hydrogen-bond donors (Lipinski definition) is 1. The topological polar surface area (TPSA) is 24.5 Å². The van der Waals surface area contributed by atoms with E-state index in [1.807, 2.05) is 0 Å². The van der Waals surface area contributed by atoms with Crippen molar-refractivity contribution in [2.24, 2.45) is 5.92 Å². The third-order valence-electron chi connectivity index (χ3n) is 4.58. The minimum Gasteiger partial charge on any atom is -0.385 e. The Morgan fingerprint density at radius 2 is 2.11 bits per heavy atom. The molecule has 0 aromatic rings. The molecule has 4 unspecified atom stereocenters. The molecule has 0 amide bonds. The smallest absolute Gasteiger partial charge is 0.0477 e. The van der Waals surface area contributed by atoms with E-state index in [1.54, 1.807) is 7.11 Å². The van der Waals surface area contributed by atoms with E-state index in [0.29, 0.717) is 18.1 Å². The summed E-state index contributed by atoms with van der Waals surface area (Å²) in [5, 5.41) is 3.73. The Morgan fingerprint density at radius 3 is 2.72 bits per heavy atom. The molecule has 0 aromatic carbocycles. The Bertz CT molecular complexity index is 223. The molecule has 0 spiro atoms. The number of rotatable bonds is 6. The zero-order chi connectivity index (χ0) is 13.5. The number of ether oxygens (including phenoxy) is 1. The first kappa shape index (κ1) is 15.9.